The van der Waals surface area contributed by atoms with E-state index in [9.17, 15) is 18.0 Å². The maximum absolute atomic E-state index is 14.7. The van der Waals surface area contributed by atoms with Crippen LogP contribution in [-0.4, -0.2) is 77.1 Å². The summed E-state index contributed by atoms with van der Waals surface area (Å²) in [6, 6.07) is 3.46. The van der Waals surface area contributed by atoms with Gasteiger partial charge in [-0.3, -0.25) is 4.79 Å². The zero-order chi connectivity index (χ0) is 24.4. The molecule has 10 nitrogen and oxygen atoms in total. The van der Waals surface area contributed by atoms with Crippen molar-refractivity contribution in [1.82, 2.24) is 24.8 Å². The van der Waals surface area contributed by atoms with Crippen LogP contribution in [0.5, 0.6) is 11.8 Å². The molecule has 180 valence electrons. The zero-order valence-corrected chi connectivity index (χ0v) is 18.9. The molecule has 1 amide bonds. The molecule has 14 heteroatoms. The largest absolute Gasteiger partial charge is 0.421 e. The van der Waals surface area contributed by atoms with Gasteiger partial charge in [0.2, 0.25) is 5.95 Å². The molecule has 1 aromatic carbocycles. The highest BCUT2D eigenvalue weighted by Crippen LogP contribution is 2.30. The fourth-order valence-corrected chi connectivity index (χ4v) is 3.74. The first-order chi connectivity index (χ1) is 16.2. The van der Waals surface area contributed by atoms with Crippen LogP contribution in [0.1, 0.15) is 10.4 Å². The number of aromatic nitrogens is 4. The summed E-state index contributed by atoms with van der Waals surface area (Å²) in [5.74, 6) is -1.22. The van der Waals surface area contributed by atoms with E-state index in [1.165, 1.54) is 28.1 Å². The fourth-order valence-electron chi connectivity index (χ4n) is 3.12. The summed E-state index contributed by atoms with van der Waals surface area (Å²) in [5.41, 5.74) is 5.84. The third kappa shape index (κ3) is 5.17. The predicted molar refractivity (Wildman–Crippen MR) is 118 cm³/mol. The molecule has 0 spiro atoms. The minimum atomic E-state index is -2.68. The number of anilines is 2. The Morgan fingerprint density at radius 3 is 2.76 bits per heavy atom. The standard InChI is InChI=1S/C20H20F3N7O3S/c1-29(2)17(31)10-3-4-12(11(21)7-10)33-20-27-16(14-8-25-18(24)34-14)26-19(28-20)30-5-6-32-13(9-30)15(22)23/h3-4,7-8,13,15H,5-6,9H2,1-2H3,(H2,24,25). The average molecular weight is 495 g/mol. The molecule has 0 radical (unpaired) electrons. The summed E-state index contributed by atoms with van der Waals surface area (Å²) in [6.45, 7) is 0.156. The molecule has 4 rings (SSSR count). The molecule has 1 aliphatic rings. The average Bonchev–Trinajstić information content (AvgIpc) is 3.26. The summed E-state index contributed by atoms with van der Waals surface area (Å²) in [6.07, 6.45) is -2.54. The van der Waals surface area contributed by atoms with E-state index in [4.69, 9.17) is 15.2 Å². The van der Waals surface area contributed by atoms with Crippen LogP contribution in [0.15, 0.2) is 24.4 Å². The van der Waals surface area contributed by atoms with E-state index >= 15 is 0 Å². The number of hydrogen-bond donors (Lipinski definition) is 1. The van der Waals surface area contributed by atoms with Crippen LogP contribution in [0.2, 0.25) is 0 Å². The lowest BCUT2D eigenvalue weighted by Gasteiger charge is -2.32. The first-order valence-electron chi connectivity index (χ1n) is 10.0. The molecule has 2 aromatic heterocycles. The highest BCUT2D eigenvalue weighted by atomic mass is 32.1. The fraction of sp³-hybridized carbons (Fsp3) is 0.350. The molecule has 1 atom stereocenters. The van der Waals surface area contributed by atoms with Crippen LogP contribution in [0.4, 0.5) is 24.3 Å². The van der Waals surface area contributed by atoms with Gasteiger partial charge in [0.1, 0.15) is 6.10 Å². The monoisotopic (exact) mass is 495 g/mol. The number of nitrogens with zero attached hydrogens (tertiary/aromatic N) is 6. The summed E-state index contributed by atoms with van der Waals surface area (Å²) in [4.78, 5) is 32.1. The normalized spacial score (nSPS) is 16.1. The van der Waals surface area contributed by atoms with Gasteiger partial charge in [0.25, 0.3) is 12.3 Å². The smallest absolute Gasteiger partial charge is 0.327 e. The van der Waals surface area contributed by atoms with Crippen molar-refractivity contribution >= 4 is 28.3 Å². The maximum Gasteiger partial charge on any atom is 0.327 e. The molecule has 34 heavy (non-hydrogen) atoms. The van der Waals surface area contributed by atoms with Gasteiger partial charge in [-0.25, -0.2) is 18.2 Å². The summed E-state index contributed by atoms with van der Waals surface area (Å²) in [5, 5.41) is 0.274. The number of rotatable bonds is 6. The molecule has 0 bridgehead atoms. The quantitative estimate of drug-likeness (QED) is 0.550. The van der Waals surface area contributed by atoms with Gasteiger partial charge in [0.15, 0.2) is 22.5 Å². The first kappa shape index (κ1) is 23.6. The molecule has 3 heterocycles. The van der Waals surface area contributed by atoms with Crippen molar-refractivity contribution in [3.05, 3.63) is 35.8 Å². The van der Waals surface area contributed by atoms with E-state index in [0.717, 1.165) is 17.4 Å². The lowest BCUT2D eigenvalue weighted by Crippen LogP contribution is -2.46. The van der Waals surface area contributed by atoms with E-state index in [2.05, 4.69) is 19.9 Å². The van der Waals surface area contributed by atoms with Crippen LogP contribution in [0.25, 0.3) is 10.7 Å². The minimum Gasteiger partial charge on any atom is -0.421 e. The Bertz CT molecular complexity index is 1190. The highest BCUT2D eigenvalue weighted by Gasteiger charge is 2.30. The molecule has 1 saturated heterocycles. The molecule has 0 saturated carbocycles. The molecular weight excluding hydrogens is 475 g/mol. The van der Waals surface area contributed by atoms with Crippen LogP contribution in [0, 0.1) is 5.82 Å². The first-order valence-corrected chi connectivity index (χ1v) is 10.8. The number of nitrogen functional groups attached to an aromatic ring is 1. The Morgan fingerprint density at radius 2 is 2.12 bits per heavy atom. The van der Waals surface area contributed by atoms with E-state index in [0.29, 0.717) is 4.88 Å². The molecular formula is C20H20F3N7O3S. The number of carbonyl (C=O) groups is 1. The lowest BCUT2D eigenvalue weighted by molar-refractivity contribution is -0.0617. The van der Waals surface area contributed by atoms with Gasteiger partial charge in [0.05, 0.1) is 24.2 Å². The third-order valence-corrected chi connectivity index (χ3v) is 5.61. The summed E-state index contributed by atoms with van der Waals surface area (Å²) in [7, 11) is 3.10. The number of benzene rings is 1. The molecule has 1 unspecified atom stereocenters. The molecule has 3 aromatic rings. The second-order valence-corrected chi connectivity index (χ2v) is 8.50. The van der Waals surface area contributed by atoms with Crippen molar-refractivity contribution in [1.29, 1.82) is 0 Å². The second-order valence-electron chi connectivity index (χ2n) is 7.44. The van der Waals surface area contributed by atoms with E-state index in [1.54, 1.807) is 14.1 Å². The Balaban J connectivity index is 1.68. The SMILES string of the molecule is CN(C)C(=O)c1ccc(Oc2nc(-c3cnc(N)s3)nc(N3CCOC(C(F)F)C3)n2)c(F)c1. The molecule has 1 aliphatic heterocycles. The van der Waals surface area contributed by atoms with Crippen LogP contribution in [0.3, 0.4) is 0 Å². The number of nitrogens with two attached hydrogens (primary N) is 1. The zero-order valence-electron chi connectivity index (χ0n) is 18.1. The lowest BCUT2D eigenvalue weighted by atomic mass is 10.2. The Morgan fingerprint density at radius 1 is 1.32 bits per heavy atom. The van der Waals surface area contributed by atoms with Crippen molar-refractivity contribution < 1.29 is 27.4 Å². The van der Waals surface area contributed by atoms with Gasteiger partial charge in [-0.15, -0.1) is 0 Å². The van der Waals surface area contributed by atoms with E-state index in [1.807, 2.05) is 0 Å². The Kier molecular flexibility index (Phi) is 6.79. The number of amides is 1. The van der Waals surface area contributed by atoms with Gasteiger partial charge >= 0.3 is 6.01 Å². The number of halogens is 3. The summed E-state index contributed by atoms with van der Waals surface area (Å²) < 4.78 is 51.7. The molecule has 0 aliphatic carbocycles. The van der Waals surface area contributed by atoms with Crippen LogP contribution >= 0.6 is 11.3 Å². The van der Waals surface area contributed by atoms with Crippen molar-refractivity contribution in [3.63, 3.8) is 0 Å². The third-order valence-electron chi connectivity index (χ3n) is 4.79. The summed E-state index contributed by atoms with van der Waals surface area (Å²) >= 11 is 1.11. The predicted octanol–water partition coefficient (Wildman–Crippen LogP) is 2.68. The molecule has 2 N–H and O–H groups in total. The Labute approximate surface area is 196 Å². The minimum absolute atomic E-state index is 0.0513. The number of alkyl halides is 2. The number of ether oxygens (including phenoxy) is 2. The van der Waals surface area contributed by atoms with Gasteiger partial charge < -0.3 is 25.0 Å². The van der Waals surface area contributed by atoms with Gasteiger partial charge in [0, 0.05) is 26.2 Å². The van der Waals surface area contributed by atoms with Gasteiger partial charge in [-0.2, -0.15) is 15.0 Å². The van der Waals surface area contributed by atoms with Gasteiger partial charge in [-0.1, -0.05) is 11.3 Å². The second kappa shape index (κ2) is 9.77. The van der Waals surface area contributed by atoms with Crippen molar-refractivity contribution in [3.8, 4) is 22.5 Å². The van der Waals surface area contributed by atoms with Gasteiger partial charge in [-0.05, 0) is 18.2 Å². The number of carbonyl (C=O) groups excluding carboxylic acids is 1. The van der Waals surface area contributed by atoms with E-state index < -0.39 is 18.3 Å². The molecule has 1 fully saturated rings. The van der Waals surface area contributed by atoms with Crippen LogP contribution in [-0.2, 0) is 4.74 Å². The maximum atomic E-state index is 14.7. The van der Waals surface area contributed by atoms with Crippen molar-refractivity contribution in [2.75, 3.05) is 44.4 Å². The topological polar surface area (TPSA) is 120 Å². The van der Waals surface area contributed by atoms with Crippen molar-refractivity contribution in [2.45, 2.75) is 12.5 Å². The number of thiazole rings is 1. The number of morpholine rings is 1. The number of hydrogen-bond acceptors (Lipinski definition) is 10. The Hall–Kier alpha value is -3.52. The van der Waals surface area contributed by atoms with Crippen molar-refractivity contribution in [2.24, 2.45) is 0 Å². The highest BCUT2D eigenvalue weighted by molar-refractivity contribution is 7.18. The van der Waals surface area contributed by atoms with E-state index in [-0.39, 0.29) is 59.8 Å². The van der Waals surface area contributed by atoms with Crippen LogP contribution < -0.4 is 15.4 Å².